The van der Waals surface area contributed by atoms with Crippen LogP contribution >= 0.6 is 0 Å². The van der Waals surface area contributed by atoms with Crippen LogP contribution in [0.25, 0.3) is 0 Å². The molecule has 3 atom stereocenters. The molecule has 3 heteroatoms. The summed E-state index contributed by atoms with van der Waals surface area (Å²) in [5.41, 5.74) is -0.675. The monoisotopic (exact) mass is 168 g/mol. The van der Waals surface area contributed by atoms with E-state index >= 15 is 0 Å². The van der Waals surface area contributed by atoms with E-state index in [0.29, 0.717) is 18.3 Å². The van der Waals surface area contributed by atoms with Crippen LogP contribution in [0.5, 0.6) is 0 Å². The smallest absolute Gasteiger partial charge is 0.303 e. The zero-order chi connectivity index (χ0) is 8.93. The molecule has 0 heterocycles. The number of rotatable bonds is 1. The molecule has 3 unspecified atom stereocenters. The lowest BCUT2D eigenvalue weighted by atomic mass is 10.1. The van der Waals surface area contributed by atoms with Gasteiger partial charge in [-0.05, 0) is 5.92 Å². The Kier molecular flexibility index (Phi) is 1.35. The molecule has 0 saturated heterocycles. The SMILES string of the molecule is CC(=O)OC12CC1C(C)CC2=O. The van der Waals surface area contributed by atoms with Gasteiger partial charge in [0.1, 0.15) is 0 Å². The minimum Gasteiger partial charge on any atom is -0.451 e. The van der Waals surface area contributed by atoms with Crippen LogP contribution in [0.3, 0.4) is 0 Å². The van der Waals surface area contributed by atoms with Gasteiger partial charge >= 0.3 is 5.97 Å². The first-order valence-corrected chi connectivity index (χ1v) is 4.29. The fourth-order valence-electron chi connectivity index (χ4n) is 2.29. The van der Waals surface area contributed by atoms with Crippen molar-refractivity contribution in [3.63, 3.8) is 0 Å². The summed E-state index contributed by atoms with van der Waals surface area (Å²) in [5.74, 6) is 0.501. The van der Waals surface area contributed by atoms with E-state index in [0.717, 1.165) is 6.42 Å². The molecule has 3 nitrogen and oxygen atoms in total. The maximum atomic E-state index is 11.4. The summed E-state index contributed by atoms with van der Waals surface area (Å²) in [6, 6.07) is 0. The van der Waals surface area contributed by atoms with Crippen molar-refractivity contribution in [3.8, 4) is 0 Å². The Morgan fingerprint density at radius 2 is 2.33 bits per heavy atom. The Hall–Kier alpha value is -0.860. The first kappa shape index (κ1) is 7.77. The largest absolute Gasteiger partial charge is 0.451 e. The Morgan fingerprint density at radius 3 is 2.67 bits per heavy atom. The number of carbonyl (C=O) groups is 2. The fraction of sp³-hybridized carbons (Fsp3) is 0.778. The molecule has 2 fully saturated rings. The highest BCUT2D eigenvalue weighted by molar-refractivity contribution is 5.95. The molecule has 0 amide bonds. The highest BCUT2D eigenvalue weighted by Crippen LogP contribution is 2.59. The Balaban J connectivity index is 2.15. The standard InChI is InChI=1S/C9H12O3/c1-5-3-8(11)9(4-7(5)9)12-6(2)10/h5,7H,3-4H2,1-2H3. The maximum absolute atomic E-state index is 11.4. The molecule has 2 aliphatic rings. The van der Waals surface area contributed by atoms with Gasteiger partial charge in [-0.2, -0.15) is 0 Å². The molecule has 66 valence electrons. The van der Waals surface area contributed by atoms with Crippen molar-refractivity contribution in [1.29, 1.82) is 0 Å². The van der Waals surface area contributed by atoms with Crippen molar-refractivity contribution in [2.24, 2.45) is 11.8 Å². The predicted octanol–water partition coefficient (Wildman–Crippen LogP) is 0.917. The molecule has 0 bridgehead atoms. The third kappa shape index (κ3) is 0.822. The van der Waals surface area contributed by atoms with Crippen LogP contribution in [0, 0.1) is 11.8 Å². The average molecular weight is 168 g/mol. The normalized spacial score (nSPS) is 44.0. The van der Waals surface area contributed by atoms with E-state index in [2.05, 4.69) is 0 Å². The van der Waals surface area contributed by atoms with Gasteiger partial charge in [0, 0.05) is 25.7 Å². The van der Waals surface area contributed by atoms with Crippen molar-refractivity contribution in [2.75, 3.05) is 0 Å². The van der Waals surface area contributed by atoms with Gasteiger partial charge in [-0.1, -0.05) is 6.92 Å². The highest BCUT2D eigenvalue weighted by atomic mass is 16.6. The third-order valence-corrected chi connectivity index (χ3v) is 2.95. The van der Waals surface area contributed by atoms with Crippen LogP contribution in [0.4, 0.5) is 0 Å². The van der Waals surface area contributed by atoms with E-state index in [1.54, 1.807) is 0 Å². The van der Waals surface area contributed by atoms with Crippen molar-refractivity contribution in [3.05, 3.63) is 0 Å². The lowest BCUT2D eigenvalue weighted by molar-refractivity contribution is -0.155. The minimum absolute atomic E-state index is 0.121. The average Bonchev–Trinajstić information content (AvgIpc) is 2.57. The highest BCUT2D eigenvalue weighted by Gasteiger charge is 2.69. The quantitative estimate of drug-likeness (QED) is 0.547. The van der Waals surface area contributed by atoms with Crippen molar-refractivity contribution in [2.45, 2.75) is 32.3 Å². The van der Waals surface area contributed by atoms with Crippen LogP contribution in [-0.4, -0.2) is 17.4 Å². The van der Waals surface area contributed by atoms with Crippen LogP contribution in [0.15, 0.2) is 0 Å². The van der Waals surface area contributed by atoms with E-state index in [-0.39, 0.29) is 11.8 Å². The summed E-state index contributed by atoms with van der Waals surface area (Å²) < 4.78 is 5.07. The topological polar surface area (TPSA) is 43.4 Å². The Morgan fingerprint density at radius 1 is 1.67 bits per heavy atom. The minimum atomic E-state index is -0.675. The first-order chi connectivity index (χ1) is 5.56. The molecule has 2 rings (SSSR count). The van der Waals surface area contributed by atoms with Gasteiger partial charge in [0.05, 0.1) is 0 Å². The van der Waals surface area contributed by atoms with Gasteiger partial charge in [0.15, 0.2) is 11.4 Å². The second-order valence-electron chi connectivity index (χ2n) is 3.90. The molecular weight excluding hydrogens is 156 g/mol. The molecular formula is C9H12O3. The number of ether oxygens (including phenoxy) is 1. The Labute approximate surface area is 71.1 Å². The first-order valence-electron chi connectivity index (χ1n) is 4.29. The molecule has 12 heavy (non-hydrogen) atoms. The number of esters is 1. The number of carbonyl (C=O) groups excluding carboxylic acids is 2. The number of fused-ring (bicyclic) bond motifs is 1. The van der Waals surface area contributed by atoms with Gasteiger partial charge in [-0.15, -0.1) is 0 Å². The van der Waals surface area contributed by atoms with Crippen molar-refractivity contribution in [1.82, 2.24) is 0 Å². The summed E-state index contributed by atoms with van der Waals surface area (Å²) in [6.45, 7) is 3.40. The lowest BCUT2D eigenvalue weighted by Crippen LogP contribution is -2.26. The lowest BCUT2D eigenvalue weighted by Gasteiger charge is -2.09. The van der Waals surface area contributed by atoms with Crippen LogP contribution < -0.4 is 0 Å². The maximum Gasteiger partial charge on any atom is 0.303 e. The number of Topliss-reactive ketones (excluding diaryl/α,β-unsaturated/α-hetero) is 1. The number of hydrogen-bond acceptors (Lipinski definition) is 3. The molecule has 2 saturated carbocycles. The van der Waals surface area contributed by atoms with Crippen molar-refractivity contribution >= 4 is 11.8 Å². The predicted molar refractivity (Wildman–Crippen MR) is 41.4 cm³/mol. The molecule has 0 N–H and O–H groups in total. The summed E-state index contributed by atoms with van der Waals surface area (Å²) in [4.78, 5) is 22.1. The molecule has 0 spiro atoms. The van der Waals surface area contributed by atoms with Gasteiger partial charge in [-0.25, -0.2) is 0 Å². The second-order valence-corrected chi connectivity index (χ2v) is 3.90. The van der Waals surface area contributed by atoms with E-state index < -0.39 is 5.60 Å². The van der Waals surface area contributed by atoms with Gasteiger partial charge in [0.25, 0.3) is 0 Å². The number of ketones is 1. The van der Waals surface area contributed by atoms with Gasteiger partial charge in [-0.3, -0.25) is 9.59 Å². The van der Waals surface area contributed by atoms with Gasteiger partial charge in [0.2, 0.25) is 0 Å². The zero-order valence-corrected chi connectivity index (χ0v) is 7.29. The molecule has 2 aliphatic carbocycles. The summed E-state index contributed by atoms with van der Waals surface area (Å²) in [5, 5.41) is 0. The van der Waals surface area contributed by atoms with Crippen LogP contribution in [-0.2, 0) is 14.3 Å². The molecule has 0 aromatic heterocycles. The van der Waals surface area contributed by atoms with Crippen molar-refractivity contribution < 1.29 is 14.3 Å². The van der Waals surface area contributed by atoms with E-state index in [4.69, 9.17) is 4.74 Å². The second kappa shape index (κ2) is 2.09. The van der Waals surface area contributed by atoms with Crippen LogP contribution in [0.2, 0.25) is 0 Å². The molecule has 0 radical (unpaired) electrons. The zero-order valence-electron chi connectivity index (χ0n) is 7.29. The Bertz CT molecular complexity index is 258. The van der Waals surface area contributed by atoms with E-state index in [1.807, 2.05) is 6.92 Å². The fourth-order valence-corrected chi connectivity index (χ4v) is 2.29. The summed E-state index contributed by atoms with van der Waals surface area (Å²) in [7, 11) is 0. The van der Waals surface area contributed by atoms with Gasteiger partial charge < -0.3 is 4.74 Å². The number of hydrogen-bond donors (Lipinski definition) is 0. The summed E-state index contributed by atoms with van der Waals surface area (Å²) in [6.07, 6.45) is 1.34. The molecule has 0 aromatic rings. The van der Waals surface area contributed by atoms with Crippen LogP contribution in [0.1, 0.15) is 26.7 Å². The van der Waals surface area contributed by atoms with E-state index in [1.165, 1.54) is 6.92 Å². The van der Waals surface area contributed by atoms with E-state index in [9.17, 15) is 9.59 Å². The summed E-state index contributed by atoms with van der Waals surface area (Å²) >= 11 is 0. The molecule has 0 aliphatic heterocycles. The molecule has 0 aromatic carbocycles. The third-order valence-electron chi connectivity index (χ3n) is 2.95.